The molecule has 1 unspecified atom stereocenters. The van der Waals surface area contributed by atoms with Crippen molar-refractivity contribution in [3.05, 3.63) is 59.9 Å². The Labute approximate surface area is 165 Å². The monoisotopic (exact) mass is 377 g/mol. The van der Waals surface area contributed by atoms with Gasteiger partial charge in [0.1, 0.15) is 11.6 Å². The molecule has 0 spiro atoms. The van der Waals surface area contributed by atoms with Crippen LogP contribution in [-0.4, -0.2) is 34.0 Å². The second-order valence-corrected chi connectivity index (χ2v) is 7.99. The van der Waals surface area contributed by atoms with E-state index in [1.165, 1.54) is 0 Å². The highest BCUT2D eigenvalue weighted by Gasteiger charge is 2.34. The third kappa shape index (κ3) is 3.61. The predicted molar refractivity (Wildman–Crippen MR) is 110 cm³/mol. The summed E-state index contributed by atoms with van der Waals surface area (Å²) in [6.45, 7) is 6.69. The summed E-state index contributed by atoms with van der Waals surface area (Å²) >= 11 is 0. The van der Waals surface area contributed by atoms with Crippen LogP contribution in [0.5, 0.6) is 5.75 Å². The Balaban J connectivity index is 1.58. The standard InChI is InChI=1S/C23H27N3O2/c1-16(2)13-26-21-7-5-4-6-20(21)24-23(26)18-12-22(27)25(15-18)14-17-8-10-19(28-3)11-9-17/h4-11,16,18H,12-15H2,1-3H3. The Morgan fingerprint density at radius 1 is 1.14 bits per heavy atom. The fraction of sp³-hybridized carbons (Fsp3) is 0.391. The van der Waals surface area contributed by atoms with Crippen molar-refractivity contribution >= 4 is 16.9 Å². The van der Waals surface area contributed by atoms with Crippen LogP contribution >= 0.6 is 0 Å². The maximum atomic E-state index is 12.7. The number of carbonyl (C=O) groups is 1. The number of methoxy groups -OCH3 is 1. The van der Waals surface area contributed by atoms with Gasteiger partial charge < -0.3 is 14.2 Å². The molecule has 0 radical (unpaired) electrons. The van der Waals surface area contributed by atoms with Crippen LogP contribution in [0.3, 0.4) is 0 Å². The number of para-hydroxylation sites is 2. The number of likely N-dealkylation sites (tertiary alicyclic amines) is 1. The van der Waals surface area contributed by atoms with Gasteiger partial charge in [-0.1, -0.05) is 38.1 Å². The number of hydrogen-bond donors (Lipinski definition) is 0. The van der Waals surface area contributed by atoms with Crippen molar-refractivity contribution in [3.8, 4) is 5.75 Å². The van der Waals surface area contributed by atoms with Crippen LogP contribution in [0.1, 0.15) is 37.6 Å². The summed E-state index contributed by atoms with van der Waals surface area (Å²) in [6, 6.07) is 16.2. The minimum Gasteiger partial charge on any atom is -0.497 e. The minimum absolute atomic E-state index is 0.136. The van der Waals surface area contributed by atoms with Gasteiger partial charge in [0.25, 0.3) is 0 Å². The molecule has 146 valence electrons. The first-order chi connectivity index (χ1) is 13.5. The van der Waals surface area contributed by atoms with E-state index in [1.807, 2.05) is 35.2 Å². The van der Waals surface area contributed by atoms with Crippen molar-refractivity contribution in [3.63, 3.8) is 0 Å². The van der Waals surface area contributed by atoms with Gasteiger partial charge in [-0.05, 0) is 35.7 Å². The molecule has 28 heavy (non-hydrogen) atoms. The lowest BCUT2D eigenvalue weighted by Gasteiger charge is -2.18. The third-order valence-corrected chi connectivity index (χ3v) is 5.34. The molecule has 1 atom stereocenters. The quantitative estimate of drug-likeness (QED) is 0.646. The predicted octanol–water partition coefficient (Wildman–Crippen LogP) is 4.22. The first-order valence-electron chi connectivity index (χ1n) is 9.91. The van der Waals surface area contributed by atoms with Gasteiger partial charge in [-0.15, -0.1) is 0 Å². The van der Waals surface area contributed by atoms with E-state index in [9.17, 15) is 4.79 Å². The van der Waals surface area contributed by atoms with E-state index in [0.717, 1.165) is 34.7 Å². The normalized spacial score (nSPS) is 17.1. The number of ether oxygens (including phenoxy) is 1. The molecule has 1 aliphatic heterocycles. The summed E-state index contributed by atoms with van der Waals surface area (Å²) in [5, 5.41) is 0. The van der Waals surface area contributed by atoms with Crippen LogP contribution in [0, 0.1) is 5.92 Å². The first kappa shape index (κ1) is 18.5. The van der Waals surface area contributed by atoms with Gasteiger partial charge in [0.05, 0.1) is 18.1 Å². The fourth-order valence-electron chi connectivity index (χ4n) is 4.01. The van der Waals surface area contributed by atoms with E-state index in [2.05, 4.69) is 36.6 Å². The summed E-state index contributed by atoms with van der Waals surface area (Å²) in [6.07, 6.45) is 0.525. The number of benzene rings is 2. The molecule has 1 saturated heterocycles. The molecule has 1 fully saturated rings. The van der Waals surface area contributed by atoms with E-state index in [-0.39, 0.29) is 11.8 Å². The number of aromatic nitrogens is 2. The van der Waals surface area contributed by atoms with Crippen molar-refractivity contribution in [2.45, 2.75) is 39.3 Å². The molecule has 0 bridgehead atoms. The van der Waals surface area contributed by atoms with Crippen molar-refractivity contribution in [2.75, 3.05) is 13.7 Å². The Morgan fingerprint density at radius 2 is 1.89 bits per heavy atom. The summed E-state index contributed by atoms with van der Waals surface area (Å²) in [4.78, 5) is 19.6. The zero-order valence-corrected chi connectivity index (χ0v) is 16.8. The summed E-state index contributed by atoms with van der Waals surface area (Å²) in [5.41, 5.74) is 3.29. The molecular weight excluding hydrogens is 350 g/mol. The number of amides is 1. The molecule has 1 amide bonds. The topological polar surface area (TPSA) is 47.4 Å². The van der Waals surface area contributed by atoms with Crippen molar-refractivity contribution in [1.29, 1.82) is 0 Å². The summed E-state index contributed by atoms with van der Waals surface area (Å²) in [7, 11) is 1.66. The fourth-order valence-corrected chi connectivity index (χ4v) is 4.01. The molecular formula is C23H27N3O2. The maximum Gasteiger partial charge on any atom is 0.223 e. The first-order valence-corrected chi connectivity index (χ1v) is 9.91. The van der Waals surface area contributed by atoms with Crippen molar-refractivity contribution in [2.24, 2.45) is 5.92 Å². The number of imidazole rings is 1. The highest BCUT2D eigenvalue weighted by molar-refractivity contribution is 5.81. The molecule has 3 aromatic rings. The Hall–Kier alpha value is -2.82. The highest BCUT2D eigenvalue weighted by Crippen LogP contribution is 2.32. The van der Waals surface area contributed by atoms with Gasteiger partial charge in [0.15, 0.2) is 0 Å². The molecule has 4 rings (SSSR count). The van der Waals surface area contributed by atoms with Crippen LogP contribution in [0.4, 0.5) is 0 Å². The second kappa shape index (κ2) is 7.66. The Bertz CT molecular complexity index is 975. The number of hydrogen-bond acceptors (Lipinski definition) is 3. The van der Waals surface area contributed by atoms with E-state index in [1.54, 1.807) is 7.11 Å². The van der Waals surface area contributed by atoms with Crippen molar-refractivity contribution in [1.82, 2.24) is 14.5 Å². The Morgan fingerprint density at radius 3 is 2.61 bits per heavy atom. The zero-order chi connectivity index (χ0) is 19.7. The smallest absolute Gasteiger partial charge is 0.223 e. The lowest BCUT2D eigenvalue weighted by Crippen LogP contribution is -2.24. The molecule has 5 heteroatoms. The van der Waals surface area contributed by atoms with Crippen LogP contribution in [0.25, 0.3) is 11.0 Å². The molecule has 5 nitrogen and oxygen atoms in total. The molecule has 2 aromatic carbocycles. The minimum atomic E-state index is 0.136. The molecule has 2 heterocycles. The van der Waals surface area contributed by atoms with Gasteiger partial charge in [-0.2, -0.15) is 0 Å². The molecule has 1 aliphatic rings. The summed E-state index contributed by atoms with van der Waals surface area (Å²) in [5.74, 6) is 2.72. The average Bonchev–Trinajstić information content (AvgIpc) is 3.23. The molecule has 0 saturated carbocycles. The van der Waals surface area contributed by atoms with Gasteiger partial charge in [0, 0.05) is 32.0 Å². The van der Waals surface area contributed by atoms with Crippen LogP contribution < -0.4 is 4.74 Å². The number of carbonyl (C=O) groups excluding carboxylic acids is 1. The van der Waals surface area contributed by atoms with Crippen LogP contribution in [0.2, 0.25) is 0 Å². The van der Waals surface area contributed by atoms with E-state index in [0.29, 0.717) is 25.4 Å². The van der Waals surface area contributed by atoms with E-state index < -0.39 is 0 Å². The van der Waals surface area contributed by atoms with Crippen LogP contribution in [-0.2, 0) is 17.9 Å². The third-order valence-electron chi connectivity index (χ3n) is 5.34. The average molecular weight is 377 g/mol. The number of rotatable bonds is 6. The van der Waals surface area contributed by atoms with E-state index >= 15 is 0 Å². The lowest BCUT2D eigenvalue weighted by molar-refractivity contribution is -0.128. The largest absolute Gasteiger partial charge is 0.497 e. The zero-order valence-electron chi connectivity index (χ0n) is 16.8. The van der Waals surface area contributed by atoms with Crippen molar-refractivity contribution < 1.29 is 9.53 Å². The van der Waals surface area contributed by atoms with E-state index in [4.69, 9.17) is 9.72 Å². The lowest BCUT2D eigenvalue weighted by atomic mass is 10.1. The summed E-state index contributed by atoms with van der Waals surface area (Å²) < 4.78 is 7.53. The van der Waals surface area contributed by atoms with Gasteiger partial charge in [0.2, 0.25) is 5.91 Å². The van der Waals surface area contributed by atoms with Gasteiger partial charge >= 0.3 is 0 Å². The SMILES string of the molecule is COc1ccc(CN2CC(c3nc4ccccc4n3CC(C)C)CC2=O)cc1. The molecule has 1 aromatic heterocycles. The second-order valence-electron chi connectivity index (χ2n) is 7.99. The van der Waals surface area contributed by atoms with Gasteiger partial charge in [-0.25, -0.2) is 4.98 Å². The maximum absolute atomic E-state index is 12.7. The highest BCUT2D eigenvalue weighted by atomic mass is 16.5. The number of nitrogens with zero attached hydrogens (tertiary/aromatic N) is 3. The molecule has 0 aliphatic carbocycles. The van der Waals surface area contributed by atoms with Gasteiger partial charge in [-0.3, -0.25) is 4.79 Å². The Kier molecular flexibility index (Phi) is 5.07. The van der Waals surface area contributed by atoms with Crippen LogP contribution in [0.15, 0.2) is 48.5 Å². The molecule has 0 N–H and O–H groups in total. The number of fused-ring (bicyclic) bond motifs is 1.